The molecule has 0 unspecified atom stereocenters. The van der Waals surface area contributed by atoms with Crippen LogP contribution in [0.1, 0.15) is 27.2 Å². The van der Waals surface area contributed by atoms with Crippen LogP contribution in [0.2, 0.25) is 0 Å². The predicted molar refractivity (Wildman–Crippen MR) is 57.0 cm³/mol. The second-order valence-electron chi connectivity index (χ2n) is 3.96. The van der Waals surface area contributed by atoms with E-state index in [2.05, 4.69) is 13.8 Å². The lowest BCUT2D eigenvalue weighted by Gasteiger charge is -2.18. The average molecular weight is 205 g/mol. The first-order chi connectivity index (χ1) is 5.86. The van der Waals surface area contributed by atoms with Crippen molar-refractivity contribution in [3.8, 4) is 0 Å². The Bertz CT molecular complexity index is 169. The van der Waals surface area contributed by atoms with E-state index in [4.69, 9.17) is 10.8 Å². The van der Waals surface area contributed by atoms with E-state index in [-0.39, 0.29) is 0 Å². The number of thioether (sulfide) groups is 1. The summed E-state index contributed by atoms with van der Waals surface area (Å²) in [5.74, 6) is 1.21. The van der Waals surface area contributed by atoms with E-state index in [0.29, 0.717) is 11.7 Å². The minimum atomic E-state index is -1.08. The van der Waals surface area contributed by atoms with Gasteiger partial charge < -0.3 is 10.8 Å². The third-order valence-corrected chi connectivity index (χ3v) is 3.06. The summed E-state index contributed by atoms with van der Waals surface area (Å²) in [5.41, 5.74) is 4.47. The maximum atomic E-state index is 10.6. The molecule has 4 heteroatoms. The van der Waals surface area contributed by atoms with E-state index in [9.17, 15) is 4.79 Å². The molecular formula is C9H19NO2S. The van der Waals surface area contributed by atoms with Gasteiger partial charge in [-0.2, -0.15) is 11.8 Å². The number of carboxylic acid groups (broad SMARTS) is 1. The first-order valence-corrected chi connectivity index (χ1v) is 5.61. The standard InChI is InChI=1S/C9H19NO2S/c1-7(2)4-5-13-6-9(3,10)8(11)12/h7H,4-6,10H2,1-3H3,(H,11,12)/t9-/m0/s1. The van der Waals surface area contributed by atoms with E-state index in [1.807, 2.05) is 0 Å². The molecule has 0 aliphatic rings. The van der Waals surface area contributed by atoms with Gasteiger partial charge in [-0.25, -0.2) is 0 Å². The van der Waals surface area contributed by atoms with Crippen molar-refractivity contribution < 1.29 is 9.90 Å². The number of rotatable bonds is 6. The zero-order chi connectivity index (χ0) is 10.5. The fourth-order valence-corrected chi connectivity index (χ4v) is 1.99. The fourth-order valence-electron chi connectivity index (χ4n) is 0.665. The highest BCUT2D eigenvalue weighted by molar-refractivity contribution is 7.99. The summed E-state index contributed by atoms with van der Waals surface area (Å²) < 4.78 is 0. The summed E-state index contributed by atoms with van der Waals surface area (Å²) in [7, 11) is 0. The van der Waals surface area contributed by atoms with Crippen molar-refractivity contribution in [2.45, 2.75) is 32.7 Å². The summed E-state index contributed by atoms with van der Waals surface area (Å²) in [6.45, 7) is 5.86. The fraction of sp³-hybridized carbons (Fsp3) is 0.889. The van der Waals surface area contributed by atoms with E-state index in [1.54, 1.807) is 18.7 Å². The van der Waals surface area contributed by atoms with Crippen LogP contribution in [0.25, 0.3) is 0 Å². The predicted octanol–water partition coefficient (Wildman–Crippen LogP) is 1.57. The molecule has 0 aromatic heterocycles. The summed E-state index contributed by atoms with van der Waals surface area (Å²) >= 11 is 1.61. The molecule has 78 valence electrons. The topological polar surface area (TPSA) is 63.3 Å². The molecule has 0 aromatic carbocycles. The van der Waals surface area contributed by atoms with Gasteiger partial charge in [0, 0.05) is 5.75 Å². The molecule has 13 heavy (non-hydrogen) atoms. The minimum absolute atomic E-state index is 0.481. The van der Waals surface area contributed by atoms with Crippen molar-refractivity contribution in [3.63, 3.8) is 0 Å². The average Bonchev–Trinajstić information content (AvgIpc) is 1.97. The van der Waals surface area contributed by atoms with Crippen molar-refractivity contribution in [3.05, 3.63) is 0 Å². The van der Waals surface area contributed by atoms with E-state index >= 15 is 0 Å². The van der Waals surface area contributed by atoms with E-state index in [1.165, 1.54) is 0 Å². The summed E-state index contributed by atoms with van der Waals surface area (Å²) in [5, 5.41) is 8.71. The van der Waals surface area contributed by atoms with E-state index in [0.717, 1.165) is 12.2 Å². The van der Waals surface area contributed by atoms with Crippen LogP contribution in [-0.2, 0) is 4.79 Å². The van der Waals surface area contributed by atoms with Crippen molar-refractivity contribution in [2.75, 3.05) is 11.5 Å². The quantitative estimate of drug-likeness (QED) is 0.646. The smallest absolute Gasteiger partial charge is 0.324 e. The first-order valence-electron chi connectivity index (χ1n) is 4.46. The molecule has 0 bridgehead atoms. The van der Waals surface area contributed by atoms with Crippen LogP contribution in [0.3, 0.4) is 0 Å². The van der Waals surface area contributed by atoms with Gasteiger partial charge >= 0.3 is 5.97 Å². The molecule has 0 rings (SSSR count). The van der Waals surface area contributed by atoms with Gasteiger partial charge in [0.1, 0.15) is 5.54 Å². The lowest BCUT2D eigenvalue weighted by molar-refractivity contribution is -0.141. The molecule has 1 atom stereocenters. The second kappa shape index (κ2) is 5.50. The highest BCUT2D eigenvalue weighted by Crippen LogP contribution is 2.14. The molecule has 0 heterocycles. The Labute approximate surface area is 84.1 Å². The molecule has 3 N–H and O–H groups in total. The molecule has 0 aliphatic carbocycles. The van der Waals surface area contributed by atoms with Crippen LogP contribution in [0.4, 0.5) is 0 Å². The number of aliphatic carboxylic acids is 1. The molecule has 0 radical (unpaired) electrons. The normalized spacial score (nSPS) is 15.8. The highest BCUT2D eigenvalue weighted by atomic mass is 32.2. The van der Waals surface area contributed by atoms with Crippen molar-refractivity contribution >= 4 is 17.7 Å². The van der Waals surface area contributed by atoms with Gasteiger partial charge in [0.2, 0.25) is 0 Å². The first kappa shape index (κ1) is 12.8. The highest BCUT2D eigenvalue weighted by Gasteiger charge is 2.27. The van der Waals surface area contributed by atoms with Crippen LogP contribution >= 0.6 is 11.8 Å². The molecule has 0 saturated carbocycles. The Morgan fingerprint density at radius 2 is 2.15 bits per heavy atom. The Kier molecular flexibility index (Phi) is 5.40. The van der Waals surface area contributed by atoms with Crippen LogP contribution in [0, 0.1) is 5.92 Å². The monoisotopic (exact) mass is 205 g/mol. The van der Waals surface area contributed by atoms with Crippen LogP contribution in [-0.4, -0.2) is 28.1 Å². The summed E-state index contributed by atoms with van der Waals surface area (Å²) in [6.07, 6.45) is 1.11. The molecule has 0 amide bonds. The molecular weight excluding hydrogens is 186 g/mol. The molecule has 0 aromatic rings. The van der Waals surface area contributed by atoms with Gasteiger partial charge in [-0.1, -0.05) is 13.8 Å². The molecule has 0 aliphatic heterocycles. The number of hydrogen-bond donors (Lipinski definition) is 2. The number of nitrogens with two attached hydrogens (primary N) is 1. The third kappa shape index (κ3) is 5.93. The maximum absolute atomic E-state index is 10.6. The Morgan fingerprint density at radius 1 is 1.62 bits per heavy atom. The Balaban J connectivity index is 3.58. The van der Waals surface area contributed by atoms with Crippen LogP contribution < -0.4 is 5.73 Å². The molecule has 3 nitrogen and oxygen atoms in total. The van der Waals surface area contributed by atoms with Gasteiger partial charge in [-0.05, 0) is 25.0 Å². The Hall–Kier alpha value is -0.220. The zero-order valence-corrected chi connectivity index (χ0v) is 9.36. The largest absolute Gasteiger partial charge is 0.480 e. The summed E-state index contributed by atoms with van der Waals surface area (Å²) in [6, 6.07) is 0. The zero-order valence-electron chi connectivity index (χ0n) is 8.54. The van der Waals surface area contributed by atoms with E-state index < -0.39 is 11.5 Å². The van der Waals surface area contributed by atoms with Crippen LogP contribution in [0.15, 0.2) is 0 Å². The Morgan fingerprint density at radius 3 is 2.54 bits per heavy atom. The van der Waals surface area contributed by atoms with Crippen molar-refractivity contribution in [1.82, 2.24) is 0 Å². The van der Waals surface area contributed by atoms with Gasteiger partial charge in [0.05, 0.1) is 0 Å². The lowest BCUT2D eigenvalue weighted by atomic mass is 10.1. The molecule has 0 fully saturated rings. The number of carboxylic acids is 1. The molecule has 0 saturated heterocycles. The second-order valence-corrected chi connectivity index (χ2v) is 5.06. The molecule has 0 spiro atoms. The SMILES string of the molecule is CC(C)CCSC[C@](C)(N)C(=O)O. The van der Waals surface area contributed by atoms with Crippen molar-refractivity contribution in [1.29, 1.82) is 0 Å². The van der Waals surface area contributed by atoms with Crippen LogP contribution in [0.5, 0.6) is 0 Å². The van der Waals surface area contributed by atoms with Gasteiger partial charge in [0.25, 0.3) is 0 Å². The van der Waals surface area contributed by atoms with Gasteiger partial charge in [-0.15, -0.1) is 0 Å². The summed E-state index contributed by atoms with van der Waals surface area (Å²) in [4.78, 5) is 10.6. The van der Waals surface area contributed by atoms with Crippen molar-refractivity contribution in [2.24, 2.45) is 11.7 Å². The van der Waals surface area contributed by atoms with Gasteiger partial charge in [0.15, 0.2) is 0 Å². The number of carbonyl (C=O) groups is 1. The third-order valence-electron chi connectivity index (χ3n) is 1.73. The van der Waals surface area contributed by atoms with Gasteiger partial charge in [-0.3, -0.25) is 4.79 Å². The lowest BCUT2D eigenvalue weighted by Crippen LogP contribution is -2.47. The minimum Gasteiger partial charge on any atom is -0.480 e. The number of hydrogen-bond acceptors (Lipinski definition) is 3. The maximum Gasteiger partial charge on any atom is 0.324 e.